The zero-order valence-electron chi connectivity index (χ0n) is 11.0. The second-order valence-corrected chi connectivity index (χ2v) is 4.66. The van der Waals surface area contributed by atoms with Crippen molar-refractivity contribution in [3.8, 4) is 5.75 Å². The molecule has 1 aliphatic heterocycles. The Bertz CT molecular complexity index is 479. The summed E-state index contributed by atoms with van der Waals surface area (Å²) >= 11 is 0. The van der Waals surface area contributed by atoms with Crippen LogP contribution in [0.5, 0.6) is 5.75 Å². The number of likely N-dealkylation sites (tertiary alicyclic amines) is 1. The lowest BCUT2D eigenvalue weighted by atomic mass is 10.2. The molecular formula is C13H15ClF3NO3. The number of hydrogen-bond donors (Lipinski definition) is 1. The maximum atomic E-state index is 12.0. The summed E-state index contributed by atoms with van der Waals surface area (Å²) in [6.07, 6.45) is -3.29. The lowest BCUT2D eigenvalue weighted by molar-refractivity contribution is -0.274. The first-order chi connectivity index (χ1) is 9.35. The van der Waals surface area contributed by atoms with Crippen LogP contribution in [0.1, 0.15) is 18.4 Å². The molecule has 1 saturated heterocycles. The molecule has 0 radical (unpaired) electrons. The number of halogens is 4. The fraction of sp³-hybridized carbons (Fsp3) is 0.462. The normalized spacial score (nSPS) is 19.1. The predicted octanol–water partition coefficient (Wildman–Crippen LogP) is 3.06. The third-order valence-corrected chi connectivity index (χ3v) is 3.19. The van der Waals surface area contributed by atoms with Crippen molar-refractivity contribution in [2.75, 3.05) is 6.54 Å². The Balaban J connectivity index is 0.00000220. The summed E-state index contributed by atoms with van der Waals surface area (Å²) in [4.78, 5) is 12.8. The maximum absolute atomic E-state index is 12.0. The second-order valence-electron chi connectivity index (χ2n) is 4.66. The van der Waals surface area contributed by atoms with Crippen LogP contribution in [0.25, 0.3) is 0 Å². The minimum Gasteiger partial charge on any atom is -0.480 e. The molecule has 8 heteroatoms. The van der Waals surface area contributed by atoms with Gasteiger partial charge in [0, 0.05) is 6.54 Å². The zero-order chi connectivity index (χ0) is 14.8. The fourth-order valence-corrected chi connectivity index (χ4v) is 2.33. The van der Waals surface area contributed by atoms with E-state index in [1.54, 1.807) is 0 Å². The maximum Gasteiger partial charge on any atom is 0.573 e. The van der Waals surface area contributed by atoms with Crippen molar-refractivity contribution < 1.29 is 27.8 Å². The van der Waals surface area contributed by atoms with Gasteiger partial charge in [-0.25, -0.2) is 0 Å². The fourth-order valence-electron chi connectivity index (χ4n) is 2.33. The Morgan fingerprint density at radius 2 is 1.95 bits per heavy atom. The minimum absolute atomic E-state index is 0. The van der Waals surface area contributed by atoms with Crippen molar-refractivity contribution in [1.82, 2.24) is 4.90 Å². The van der Waals surface area contributed by atoms with Crippen LogP contribution < -0.4 is 4.74 Å². The minimum atomic E-state index is -4.70. The van der Waals surface area contributed by atoms with E-state index >= 15 is 0 Å². The molecule has 118 valence electrons. The molecule has 21 heavy (non-hydrogen) atoms. The zero-order valence-corrected chi connectivity index (χ0v) is 11.8. The number of rotatable bonds is 4. The van der Waals surface area contributed by atoms with Crippen molar-refractivity contribution in [2.45, 2.75) is 31.8 Å². The third kappa shape index (κ3) is 5.09. The van der Waals surface area contributed by atoms with E-state index in [4.69, 9.17) is 5.11 Å². The summed E-state index contributed by atoms with van der Waals surface area (Å²) in [6.45, 7) is 1.08. The number of aliphatic carboxylic acids is 1. The summed E-state index contributed by atoms with van der Waals surface area (Å²) in [7, 11) is 0. The molecule has 1 atom stereocenters. The van der Waals surface area contributed by atoms with E-state index in [-0.39, 0.29) is 18.2 Å². The Hall–Kier alpha value is -1.47. The molecule has 1 aliphatic rings. The van der Waals surface area contributed by atoms with Crippen LogP contribution in [-0.2, 0) is 11.3 Å². The molecule has 0 bridgehead atoms. The Kier molecular flexibility index (Phi) is 5.86. The Morgan fingerprint density at radius 1 is 1.33 bits per heavy atom. The van der Waals surface area contributed by atoms with Gasteiger partial charge in [-0.05, 0) is 37.1 Å². The molecule has 0 unspecified atom stereocenters. The molecule has 0 amide bonds. The highest BCUT2D eigenvalue weighted by Crippen LogP contribution is 2.24. The van der Waals surface area contributed by atoms with E-state index < -0.39 is 18.4 Å². The number of benzene rings is 1. The summed E-state index contributed by atoms with van der Waals surface area (Å²) in [5.74, 6) is -1.14. The SMILES string of the molecule is Cl.O=C(O)[C@H]1CCCN1Cc1ccc(OC(F)(F)F)cc1. The number of hydrogen-bond acceptors (Lipinski definition) is 3. The molecule has 0 spiro atoms. The van der Waals surface area contributed by atoms with Gasteiger partial charge in [0.25, 0.3) is 0 Å². The van der Waals surface area contributed by atoms with E-state index in [1.807, 2.05) is 4.90 Å². The highest BCUT2D eigenvalue weighted by Gasteiger charge is 2.32. The number of ether oxygens (including phenoxy) is 1. The van der Waals surface area contributed by atoms with Gasteiger partial charge in [-0.1, -0.05) is 12.1 Å². The van der Waals surface area contributed by atoms with Gasteiger partial charge in [0.1, 0.15) is 11.8 Å². The van der Waals surface area contributed by atoms with Gasteiger partial charge in [0.2, 0.25) is 0 Å². The lowest BCUT2D eigenvalue weighted by Crippen LogP contribution is -2.35. The van der Waals surface area contributed by atoms with Gasteiger partial charge < -0.3 is 9.84 Å². The highest BCUT2D eigenvalue weighted by atomic mass is 35.5. The van der Waals surface area contributed by atoms with E-state index in [0.717, 1.165) is 12.0 Å². The van der Waals surface area contributed by atoms with Crippen LogP contribution in [-0.4, -0.2) is 34.9 Å². The topological polar surface area (TPSA) is 49.8 Å². The molecule has 1 N–H and O–H groups in total. The van der Waals surface area contributed by atoms with Gasteiger partial charge in [-0.3, -0.25) is 9.69 Å². The molecule has 0 saturated carbocycles. The van der Waals surface area contributed by atoms with Gasteiger partial charge in [0.15, 0.2) is 0 Å². The predicted molar refractivity (Wildman–Crippen MR) is 71.4 cm³/mol. The van der Waals surface area contributed by atoms with E-state index in [0.29, 0.717) is 19.5 Å². The number of carbonyl (C=O) groups is 1. The summed E-state index contributed by atoms with van der Waals surface area (Å²) in [5, 5.41) is 9.05. The lowest BCUT2D eigenvalue weighted by Gasteiger charge is -2.21. The smallest absolute Gasteiger partial charge is 0.480 e. The summed E-state index contributed by atoms with van der Waals surface area (Å²) in [5.41, 5.74) is 0.757. The molecule has 2 rings (SSSR count). The largest absolute Gasteiger partial charge is 0.573 e. The molecule has 1 fully saturated rings. The number of carboxylic acids is 1. The van der Waals surface area contributed by atoms with Gasteiger partial charge in [-0.2, -0.15) is 0 Å². The van der Waals surface area contributed by atoms with Gasteiger partial charge in [-0.15, -0.1) is 25.6 Å². The van der Waals surface area contributed by atoms with Crippen LogP contribution in [0.2, 0.25) is 0 Å². The first kappa shape index (κ1) is 17.6. The molecule has 0 aliphatic carbocycles. The highest BCUT2D eigenvalue weighted by molar-refractivity contribution is 5.85. The van der Waals surface area contributed by atoms with E-state index in [2.05, 4.69) is 4.74 Å². The number of alkyl halides is 3. The molecule has 0 aromatic heterocycles. The summed E-state index contributed by atoms with van der Waals surface area (Å²) in [6, 6.07) is 4.97. The molecule has 1 heterocycles. The summed E-state index contributed by atoms with van der Waals surface area (Å²) < 4.78 is 39.8. The Labute approximate surface area is 125 Å². The quantitative estimate of drug-likeness (QED) is 0.924. The van der Waals surface area contributed by atoms with Crippen LogP contribution in [0, 0.1) is 0 Å². The van der Waals surface area contributed by atoms with Crippen LogP contribution in [0.4, 0.5) is 13.2 Å². The molecule has 1 aromatic rings. The number of carboxylic acid groups (broad SMARTS) is 1. The average molecular weight is 326 g/mol. The molecular weight excluding hydrogens is 311 g/mol. The van der Waals surface area contributed by atoms with Crippen LogP contribution >= 0.6 is 12.4 Å². The third-order valence-electron chi connectivity index (χ3n) is 3.19. The second kappa shape index (κ2) is 7.00. The monoisotopic (exact) mass is 325 g/mol. The molecule has 1 aromatic carbocycles. The Morgan fingerprint density at radius 3 is 2.48 bits per heavy atom. The van der Waals surface area contributed by atoms with Crippen molar-refractivity contribution in [1.29, 1.82) is 0 Å². The van der Waals surface area contributed by atoms with E-state index in [9.17, 15) is 18.0 Å². The van der Waals surface area contributed by atoms with Crippen molar-refractivity contribution in [3.63, 3.8) is 0 Å². The average Bonchev–Trinajstić information content (AvgIpc) is 2.78. The number of nitrogens with zero attached hydrogens (tertiary/aromatic N) is 1. The van der Waals surface area contributed by atoms with Crippen LogP contribution in [0.15, 0.2) is 24.3 Å². The van der Waals surface area contributed by atoms with E-state index in [1.165, 1.54) is 24.3 Å². The van der Waals surface area contributed by atoms with Crippen molar-refractivity contribution >= 4 is 18.4 Å². The van der Waals surface area contributed by atoms with Gasteiger partial charge >= 0.3 is 12.3 Å². The van der Waals surface area contributed by atoms with Crippen molar-refractivity contribution in [2.24, 2.45) is 0 Å². The standard InChI is InChI=1S/C13H14F3NO3.ClH/c14-13(15,16)20-10-5-3-9(4-6-10)8-17-7-1-2-11(17)12(18)19;/h3-6,11H,1-2,7-8H2,(H,18,19);1H/t11-;/m1./s1. The van der Waals surface area contributed by atoms with Crippen molar-refractivity contribution in [3.05, 3.63) is 29.8 Å². The first-order valence-corrected chi connectivity index (χ1v) is 6.17. The van der Waals surface area contributed by atoms with Crippen LogP contribution in [0.3, 0.4) is 0 Å². The van der Waals surface area contributed by atoms with Gasteiger partial charge in [0.05, 0.1) is 0 Å². The first-order valence-electron chi connectivity index (χ1n) is 6.17. The molecule has 4 nitrogen and oxygen atoms in total.